The minimum atomic E-state index is 0.0579. The molecule has 3 nitrogen and oxygen atoms in total. The molecular formula is C18H24N2O. The topological polar surface area (TPSA) is 46.3 Å². The number of hydrogen-bond acceptors (Lipinski definition) is 2. The van der Waals surface area contributed by atoms with Crippen molar-refractivity contribution in [3.8, 4) is 11.8 Å². The Kier molecular flexibility index (Phi) is 5.83. The molecule has 2 N–H and O–H groups in total. The Balaban J connectivity index is 2.08. The van der Waals surface area contributed by atoms with E-state index in [1.165, 1.54) is 32.1 Å². The van der Waals surface area contributed by atoms with E-state index in [4.69, 9.17) is 5.73 Å². The molecule has 2 rings (SSSR count). The second kappa shape index (κ2) is 7.85. The summed E-state index contributed by atoms with van der Waals surface area (Å²) in [5.74, 6) is 6.52. The maximum atomic E-state index is 12.6. The number of carbonyl (C=O) groups is 1. The molecule has 0 saturated heterocycles. The maximum Gasteiger partial charge on any atom is 0.254 e. The Morgan fingerprint density at radius 2 is 2.00 bits per heavy atom. The fraction of sp³-hybridized carbons (Fsp3) is 0.500. The second-order valence-corrected chi connectivity index (χ2v) is 5.74. The van der Waals surface area contributed by atoms with Crippen molar-refractivity contribution in [1.82, 2.24) is 4.90 Å². The van der Waals surface area contributed by atoms with Crippen LogP contribution in [-0.2, 0) is 0 Å². The zero-order chi connectivity index (χ0) is 15.1. The minimum absolute atomic E-state index is 0.0579. The highest BCUT2D eigenvalue weighted by Crippen LogP contribution is 2.24. The fourth-order valence-corrected chi connectivity index (χ4v) is 2.97. The van der Waals surface area contributed by atoms with Crippen LogP contribution in [0.1, 0.15) is 48.0 Å². The third-order valence-corrected chi connectivity index (χ3v) is 4.09. The van der Waals surface area contributed by atoms with Gasteiger partial charge in [0, 0.05) is 19.2 Å². The number of carbonyl (C=O) groups excluding carboxylic acids is 1. The van der Waals surface area contributed by atoms with Gasteiger partial charge in [0.05, 0.1) is 12.1 Å². The molecule has 3 heteroatoms. The van der Waals surface area contributed by atoms with Crippen LogP contribution >= 0.6 is 0 Å². The van der Waals surface area contributed by atoms with Gasteiger partial charge in [-0.15, -0.1) is 0 Å². The van der Waals surface area contributed by atoms with Crippen molar-refractivity contribution in [1.29, 1.82) is 0 Å². The monoisotopic (exact) mass is 284 g/mol. The molecule has 0 atom stereocenters. The lowest BCUT2D eigenvalue weighted by molar-refractivity contribution is 0.0760. The van der Waals surface area contributed by atoms with E-state index in [1.807, 2.05) is 36.2 Å². The van der Waals surface area contributed by atoms with Gasteiger partial charge in [-0.3, -0.25) is 4.79 Å². The first-order chi connectivity index (χ1) is 10.2. The largest absolute Gasteiger partial charge is 0.341 e. The van der Waals surface area contributed by atoms with Crippen LogP contribution < -0.4 is 5.73 Å². The van der Waals surface area contributed by atoms with Gasteiger partial charge >= 0.3 is 0 Å². The molecule has 1 aliphatic carbocycles. The van der Waals surface area contributed by atoms with Crippen LogP contribution in [0.4, 0.5) is 0 Å². The molecule has 1 aliphatic rings. The Labute approximate surface area is 127 Å². The molecule has 21 heavy (non-hydrogen) atoms. The molecule has 0 aromatic heterocycles. The van der Waals surface area contributed by atoms with E-state index in [2.05, 4.69) is 11.8 Å². The highest BCUT2D eigenvalue weighted by Gasteiger charge is 2.20. The molecule has 112 valence electrons. The van der Waals surface area contributed by atoms with Crippen molar-refractivity contribution in [2.45, 2.75) is 32.1 Å². The number of nitrogens with zero attached hydrogens (tertiary/aromatic N) is 1. The molecular weight excluding hydrogens is 260 g/mol. The lowest BCUT2D eigenvalue weighted by Gasteiger charge is -2.27. The average molecular weight is 284 g/mol. The quantitative estimate of drug-likeness (QED) is 0.867. The van der Waals surface area contributed by atoms with Gasteiger partial charge in [-0.1, -0.05) is 43.2 Å². The standard InChI is InChI=1S/C18H24N2O/c1-20(14-15-8-3-2-4-9-15)18(21)17-12-6-5-10-16(17)11-7-13-19/h5-6,10,12,15H,2-4,8-9,13-14,19H2,1H3. The van der Waals surface area contributed by atoms with E-state index in [0.717, 1.165) is 12.1 Å². The molecule has 1 fully saturated rings. The molecule has 1 aromatic rings. The van der Waals surface area contributed by atoms with Crippen LogP contribution in [-0.4, -0.2) is 30.9 Å². The molecule has 1 amide bonds. The summed E-state index contributed by atoms with van der Waals surface area (Å²) in [6, 6.07) is 7.51. The van der Waals surface area contributed by atoms with Gasteiger partial charge in [0.15, 0.2) is 0 Å². The van der Waals surface area contributed by atoms with Gasteiger partial charge in [-0.25, -0.2) is 0 Å². The van der Waals surface area contributed by atoms with E-state index < -0.39 is 0 Å². The van der Waals surface area contributed by atoms with Gasteiger partial charge in [0.2, 0.25) is 0 Å². The van der Waals surface area contributed by atoms with Gasteiger partial charge in [0.25, 0.3) is 5.91 Å². The molecule has 0 spiro atoms. The highest BCUT2D eigenvalue weighted by molar-refractivity contribution is 5.96. The van der Waals surface area contributed by atoms with E-state index in [9.17, 15) is 4.79 Å². The van der Waals surface area contributed by atoms with Gasteiger partial charge in [0.1, 0.15) is 0 Å². The Morgan fingerprint density at radius 3 is 2.71 bits per heavy atom. The highest BCUT2D eigenvalue weighted by atomic mass is 16.2. The first-order valence-electron chi connectivity index (χ1n) is 7.76. The molecule has 0 heterocycles. The average Bonchev–Trinajstić information content (AvgIpc) is 2.53. The van der Waals surface area contributed by atoms with Crippen LogP contribution in [0, 0.1) is 17.8 Å². The summed E-state index contributed by atoms with van der Waals surface area (Å²) in [4.78, 5) is 14.5. The lowest BCUT2D eigenvalue weighted by Crippen LogP contribution is -2.33. The van der Waals surface area contributed by atoms with Gasteiger partial charge in [-0.05, 0) is 30.9 Å². The molecule has 1 saturated carbocycles. The first-order valence-corrected chi connectivity index (χ1v) is 7.76. The Bertz CT molecular complexity index is 536. The third kappa shape index (κ3) is 4.34. The van der Waals surface area contributed by atoms with Crippen molar-refractivity contribution >= 4 is 5.91 Å². The SMILES string of the molecule is CN(CC1CCCCC1)C(=O)c1ccccc1C#CCN. The lowest BCUT2D eigenvalue weighted by atomic mass is 9.89. The van der Waals surface area contributed by atoms with Crippen LogP contribution in [0.2, 0.25) is 0 Å². The molecule has 1 aromatic carbocycles. The molecule has 0 unspecified atom stereocenters. The molecule has 0 radical (unpaired) electrons. The van der Waals surface area contributed by atoms with Crippen LogP contribution in [0.3, 0.4) is 0 Å². The van der Waals surface area contributed by atoms with Crippen molar-refractivity contribution in [3.63, 3.8) is 0 Å². The third-order valence-electron chi connectivity index (χ3n) is 4.09. The summed E-state index contributed by atoms with van der Waals surface area (Å²) in [6.07, 6.45) is 6.42. The van der Waals surface area contributed by atoms with Gasteiger partial charge < -0.3 is 10.6 Å². The van der Waals surface area contributed by atoms with E-state index in [-0.39, 0.29) is 5.91 Å². The zero-order valence-corrected chi connectivity index (χ0v) is 12.8. The van der Waals surface area contributed by atoms with Crippen molar-refractivity contribution in [3.05, 3.63) is 35.4 Å². The summed E-state index contributed by atoms with van der Waals surface area (Å²) in [5.41, 5.74) is 6.86. The molecule has 0 aliphatic heterocycles. The van der Waals surface area contributed by atoms with Crippen LogP contribution in [0.25, 0.3) is 0 Å². The van der Waals surface area contributed by atoms with Crippen molar-refractivity contribution < 1.29 is 4.79 Å². The number of benzene rings is 1. The number of rotatable bonds is 3. The van der Waals surface area contributed by atoms with Crippen LogP contribution in [0.5, 0.6) is 0 Å². The summed E-state index contributed by atoms with van der Waals surface area (Å²) in [5, 5.41) is 0. The summed E-state index contributed by atoms with van der Waals surface area (Å²) in [6.45, 7) is 1.15. The van der Waals surface area contributed by atoms with Crippen LogP contribution in [0.15, 0.2) is 24.3 Å². The smallest absolute Gasteiger partial charge is 0.254 e. The first kappa shape index (κ1) is 15.6. The number of hydrogen-bond donors (Lipinski definition) is 1. The normalized spacial score (nSPS) is 15.1. The maximum absolute atomic E-state index is 12.6. The zero-order valence-electron chi connectivity index (χ0n) is 12.8. The summed E-state index contributed by atoms with van der Waals surface area (Å²) < 4.78 is 0. The summed E-state index contributed by atoms with van der Waals surface area (Å²) >= 11 is 0. The molecule has 0 bridgehead atoms. The van der Waals surface area contributed by atoms with Crippen molar-refractivity contribution in [2.24, 2.45) is 11.7 Å². The van der Waals surface area contributed by atoms with Gasteiger partial charge in [-0.2, -0.15) is 0 Å². The van der Waals surface area contributed by atoms with E-state index >= 15 is 0 Å². The van der Waals surface area contributed by atoms with E-state index in [0.29, 0.717) is 18.0 Å². The van der Waals surface area contributed by atoms with E-state index in [1.54, 1.807) is 0 Å². The number of nitrogens with two attached hydrogens (primary N) is 1. The predicted molar refractivity (Wildman–Crippen MR) is 85.9 cm³/mol. The number of amides is 1. The summed E-state index contributed by atoms with van der Waals surface area (Å²) in [7, 11) is 1.89. The second-order valence-electron chi connectivity index (χ2n) is 5.74. The fourth-order valence-electron chi connectivity index (χ4n) is 2.97. The minimum Gasteiger partial charge on any atom is -0.341 e. The Morgan fingerprint density at radius 1 is 1.29 bits per heavy atom. The Hall–Kier alpha value is -1.79. The predicted octanol–water partition coefficient (Wildman–Crippen LogP) is 2.65. The van der Waals surface area contributed by atoms with Crippen molar-refractivity contribution in [2.75, 3.05) is 20.1 Å².